The molecule has 0 saturated heterocycles. The topological polar surface area (TPSA) is 12.0 Å². The average molecular weight is 229 g/mol. The van der Waals surface area contributed by atoms with Crippen molar-refractivity contribution in [2.75, 3.05) is 11.9 Å². The quantitative estimate of drug-likeness (QED) is 0.835. The average Bonchev–Trinajstić information content (AvgIpc) is 2.13. The Labute approximate surface area is 92.7 Å². The standard InChI is InChI=1S/C12H14F3N/c1-8-4-10(13)2-3-11(8)16-7-9-5-12(14,15)6-9/h2-4,9,16H,5-7H2,1H3. The van der Waals surface area contributed by atoms with E-state index < -0.39 is 5.92 Å². The molecule has 1 aromatic carbocycles. The highest BCUT2D eigenvalue weighted by Gasteiger charge is 2.44. The van der Waals surface area contributed by atoms with E-state index in [0.29, 0.717) is 6.54 Å². The summed E-state index contributed by atoms with van der Waals surface area (Å²) in [6.45, 7) is 2.32. The molecule has 1 aliphatic carbocycles. The predicted molar refractivity (Wildman–Crippen MR) is 57.3 cm³/mol. The van der Waals surface area contributed by atoms with Gasteiger partial charge in [0.15, 0.2) is 0 Å². The number of hydrogen-bond donors (Lipinski definition) is 1. The minimum atomic E-state index is -2.47. The van der Waals surface area contributed by atoms with Crippen molar-refractivity contribution in [3.63, 3.8) is 0 Å². The molecular formula is C12H14F3N. The Morgan fingerprint density at radius 1 is 1.38 bits per heavy atom. The summed E-state index contributed by atoms with van der Waals surface area (Å²) in [7, 11) is 0. The van der Waals surface area contributed by atoms with Gasteiger partial charge in [-0.2, -0.15) is 0 Å². The van der Waals surface area contributed by atoms with Gasteiger partial charge in [-0.15, -0.1) is 0 Å². The Bertz CT molecular complexity index is 382. The second-order valence-corrected chi connectivity index (χ2v) is 4.47. The largest absolute Gasteiger partial charge is 0.385 e. The minimum Gasteiger partial charge on any atom is -0.385 e. The van der Waals surface area contributed by atoms with Crippen LogP contribution in [-0.2, 0) is 0 Å². The molecule has 0 atom stereocenters. The van der Waals surface area contributed by atoms with Gasteiger partial charge in [0, 0.05) is 25.1 Å². The smallest absolute Gasteiger partial charge is 0.248 e. The van der Waals surface area contributed by atoms with Crippen LogP contribution in [0.3, 0.4) is 0 Å². The van der Waals surface area contributed by atoms with Crippen LogP contribution in [0.25, 0.3) is 0 Å². The maximum Gasteiger partial charge on any atom is 0.248 e. The van der Waals surface area contributed by atoms with E-state index in [9.17, 15) is 13.2 Å². The van der Waals surface area contributed by atoms with Crippen molar-refractivity contribution in [3.8, 4) is 0 Å². The fourth-order valence-electron chi connectivity index (χ4n) is 2.01. The summed E-state index contributed by atoms with van der Waals surface area (Å²) < 4.78 is 37.9. The van der Waals surface area contributed by atoms with E-state index in [2.05, 4.69) is 5.32 Å². The summed E-state index contributed by atoms with van der Waals surface area (Å²) in [4.78, 5) is 0. The van der Waals surface area contributed by atoms with Crippen molar-refractivity contribution in [2.45, 2.75) is 25.7 Å². The predicted octanol–water partition coefficient (Wildman–Crippen LogP) is 3.59. The zero-order valence-electron chi connectivity index (χ0n) is 9.06. The first-order chi connectivity index (χ1) is 7.46. The summed E-state index contributed by atoms with van der Waals surface area (Å²) in [6, 6.07) is 4.43. The van der Waals surface area contributed by atoms with Gasteiger partial charge >= 0.3 is 0 Å². The van der Waals surface area contributed by atoms with Crippen molar-refractivity contribution >= 4 is 5.69 Å². The van der Waals surface area contributed by atoms with Crippen LogP contribution < -0.4 is 5.32 Å². The Balaban J connectivity index is 1.86. The molecule has 16 heavy (non-hydrogen) atoms. The van der Waals surface area contributed by atoms with Gasteiger partial charge in [-0.1, -0.05) is 0 Å². The lowest BCUT2D eigenvalue weighted by atomic mass is 9.81. The van der Waals surface area contributed by atoms with Gasteiger partial charge in [-0.3, -0.25) is 0 Å². The van der Waals surface area contributed by atoms with Crippen LogP contribution in [0.1, 0.15) is 18.4 Å². The molecule has 0 unspecified atom stereocenters. The molecule has 0 heterocycles. The van der Waals surface area contributed by atoms with Crippen LogP contribution in [0, 0.1) is 18.7 Å². The van der Waals surface area contributed by atoms with Crippen LogP contribution in [0.2, 0.25) is 0 Å². The first-order valence-electron chi connectivity index (χ1n) is 5.34. The van der Waals surface area contributed by atoms with Gasteiger partial charge in [-0.05, 0) is 36.6 Å². The number of anilines is 1. The van der Waals surface area contributed by atoms with E-state index in [1.165, 1.54) is 12.1 Å². The van der Waals surface area contributed by atoms with E-state index in [4.69, 9.17) is 0 Å². The zero-order chi connectivity index (χ0) is 11.8. The first-order valence-corrected chi connectivity index (χ1v) is 5.34. The Hall–Kier alpha value is -1.19. The van der Waals surface area contributed by atoms with E-state index in [0.717, 1.165) is 11.3 Å². The van der Waals surface area contributed by atoms with Crippen LogP contribution in [-0.4, -0.2) is 12.5 Å². The van der Waals surface area contributed by atoms with Gasteiger partial charge in [-0.25, -0.2) is 13.2 Å². The fraction of sp³-hybridized carbons (Fsp3) is 0.500. The molecule has 88 valence electrons. The number of nitrogens with one attached hydrogen (secondary N) is 1. The lowest BCUT2D eigenvalue weighted by Crippen LogP contribution is -2.39. The summed E-state index contributed by atoms with van der Waals surface area (Å²) in [5.41, 5.74) is 1.61. The van der Waals surface area contributed by atoms with E-state index in [1.807, 2.05) is 0 Å². The summed E-state index contributed by atoms with van der Waals surface area (Å²) in [5.74, 6) is -2.72. The minimum absolute atomic E-state index is 0.0273. The molecule has 0 bridgehead atoms. The lowest BCUT2D eigenvalue weighted by molar-refractivity contribution is -0.106. The van der Waals surface area contributed by atoms with Crippen molar-refractivity contribution < 1.29 is 13.2 Å². The number of alkyl halides is 2. The fourth-order valence-corrected chi connectivity index (χ4v) is 2.01. The monoisotopic (exact) mass is 229 g/mol. The molecule has 4 heteroatoms. The molecule has 1 fully saturated rings. The number of halogens is 3. The highest BCUT2D eigenvalue weighted by atomic mass is 19.3. The third-order valence-corrected chi connectivity index (χ3v) is 2.94. The molecular weight excluding hydrogens is 215 g/mol. The lowest BCUT2D eigenvalue weighted by Gasteiger charge is -2.35. The van der Waals surface area contributed by atoms with Crippen molar-refractivity contribution in [1.82, 2.24) is 0 Å². The zero-order valence-corrected chi connectivity index (χ0v) is 9.06. The van der Waals surface area contributed by atoms with Gasteiger partial charge in [0.2, 0.25) is 5.92 Å². The molecule has 2 rings (SSSR count). The van der Waals surface area contributed by atoms with Crippen molar-refractivity contribution in [3.05, 3.63) is 29.6 Å². The Morgan fingerprint density at radius 3 is 2.62 bits per heavy atom. The van der Waals surface area contributed by atoms with Crippen molar-refractivity contribution in [2.24, 2.45) is 5.92 Å². The molecule has 1 aromatic rings. The molecule has 0 spiro atoms. The second-order valence-electron chi connectivity index (χ2n) is 4.47. The van der Waals surface area contributed by atoms with E-state index >= 15 is 0 Å². The maximum atomic E-state index is 12.8. The third-order valence-electron chi connectivity index (χ3n) is 2.94. The summed E-state index contributed by atoms with van der Waals surface area (Å²) in [6.07, 6.45) is -0.0829. The number of hydrogen-bond acceptors (Lipinski definition) is 1. The molecule has 1 nitrogen and oxygen atoms in total. The molecule has 0 amide bonds. The van der Waals surface area contributed by atoms with Gasteiger partial charge in [0.25, 0.3) is 0 Å². The van der Waals surface area contributed by atoms with Gasteiger partial charge in [0.1, 0.15) is 5.82 Å². The van der Waals surface area contributed by atoms with Crippen LogP contribution in [0.5, 0.6) is 0 Å². The van der Waals surface area contributed by atoms with Crippen LogP contribution in [0.4, 0.5) is 18.9 Å². The molecule has 0 radical (unpaired) electrons. The molecule has 0 aromatic heterocycles. The van der Waals surface area contributed by atoms with E-state index in [1.54, 1.807) is 13.0 Å². The summed E-state index contributed by atoms with van der Waals surface area (Å²) in [5, 5.41) is 3.08. The van der Waals surface area contributed by atoms with Gasteiger partial charge in [0.05, 0.1) is 0 Å². The number of rotatable bonds is 3. The number of aryl methyl sites for hydroxylation is 1. The molecule has 0 aliphatic heterocycles. The van der Waals surface area contributed by atoms with Crippen LogP contribution in [0.15, 0.2) is 18.2 Å². The maximum absolute atomic E-state index is 12.8. The third kappa shape index (κ3) is 2.49. The second kappa shape index (κ2) is 4.00. The first kappa shape index (κ1) is 11.3. The van der Waals surface area contributed by atoms with E-state index in [-0.39, 0.29) is 24.6 Å². The highest BCUT2D eigenvalue weighted by molar-refractivity contribution is 5.50. The van der Waals surface area contributed by atoms with Crippen molar-refractivity contribution in [1.29, 1.82) is 0 Å². The Morgan fingerprint density at radius 2 is 2.06 bits per heavy atom. The molecule has 1 saturated carbocycles. The molecule has 1 aliphatic rings. The number of benzene rings is 1. The normalized spacial score (nSPS) is 19.2. The van der Waals surface area contributed by atoms with Gasteiger partial charge < -0.3 is 5.32 Å². The SMILES string of the molecule is Cc1cc(F)ccc1NCC1CC(F)(F)C1. The molecule has 1 N–H and O–H groups in total. The summed E-state index contributed by atoms with van der Waals surface area (Å²) >= 11 is 0. The highest BCUT2D eigenvalue weighted by Crippen LogP contribution is 2.42. The van der Waals surface area contributed by atoms with Crippen LogP contribution >= 0.6 is 0 Å². The Kier molecular flexibility index (Phi) is 2.82.